The van der Waals surface area contributed by atoms with Crippen molar-refractivity contribution in [1.29, 1.82) is 0 Å². The van der Waals surface area contributed by atoms with E-state index < -0.39 is 0 Å². The zero-order valence-corrected chi connectivity index (χ0v) is 14.9. The molecule has 134 valence electrons. The third kappa shape index (κ3) is 2.70. The van der Waals surface area contributed by atoms with E-state index in [0.29, 0.717) is 25.4 Å². The van der Waals surface area contributed by atoms with Crippen LogP contribution in [-0.4, -0.2) is 32.3 Å². The Balaban J connectivity index is 1.37. The number of oxazole rings is 1. The molecule has 6 heteroatoms. The number of hydrogen-bond acceptors (Lipinski definition) is 4. The van der Waals surface area contributed by atoms with E-state index in [4.69, 9.17) is 4.42 Å². The van der Waals surface area contributed by atoms with Crippen molar-refractivity contribution in [2.75, 3.05) is 6.54 Å². The van der Waals surface area contributed by atoms with Gasteiger partial charge in [0.25, 0.3) is 5.91 Å². The molecule has 0 spiro atoms. The molecular formula is C21H18N4O2. The molecule has 0 fully saturated rings. The number of imidazole rings is 1. The maximum atomic E-state index is 12.8. The summed E-state index contributed by atoms with van der Waals surface area (Å²) in [4.78, 5) is 26.9. The van der Waals surface area contributed by atoms with Crippen molar-refractivity contribution < 1.29 is 9.21 Å². The van der Waals surface area contributed by atoms with Crippen molar-refractivity contribution in [3.63, 3.8) is 0 Å². The zero-order valence-electron chi connectivity index (χ0n) is 14.9. The Hall–Kier alpha value is -3.41. The summed E-state index contributed by atoms with van der Waals surface area (Å²) < 4.78 is 5.43. The van der Waals surface area contributed by atoms with Gasteiger partial charge in [-0.05, 0) is 42.3 Å². The summed E-state index contributed by atoms with van der Waals surface area (Å²) in [6, 6.07) is 11.9. The lowest BCUT2D eigenvalue weighted by atomic mass is 10.0. The normalized spacial score (nSPS) is 13.5. The van der Waals surface area contributed by atoms with E-state index in [0.717, 1.165) is 33.5 Å². The van der Waals surface area contributed by atoms with Gasteiger partial charge in [0.2, 0.25) is 5.89 Å². The molecule has 1 N–H and O–H groups in total. The molecule has 27 heavy (non-hydrogen) atoms. The Labute approximate surface area is 155 Å². The average Bonchev–Trinajstić information content (AvgIpc) is 3.39. The lowest BCUT2D eigenvalue weighted by molar-refractivity contribution is 0.0780. The number of hydrogen-bond donors (Lipinski definition) is 1. The number of fused-ring (bicyclic) bond motifs is 2. The van der Waals surface area contributed by atoms with Crippen LogP contribution in [0.3, 0.4) is 0 Å². The van der Waals surface area contributed by atoms with Crippen LogP contribution in [0, 0.1) is 6.92 Å². The van der Waals surface area contributed by atoms with E-state index >= 15 is 0 Å². The highest BCUT2D eigenvalue weighted by Gasteiger charge is 2.30. The van der Waals surface area contributed by atoms with Gasteiger partial charge in [0, 0.05) is 30.6 Å². The highest BCUT2D eigenvalue weighted by molar-refractivity contribution is 6.00. The smallest absolute Gasteiger partial charge is 0.254 e. The van der Waals surface area contributed by atoms with Gasteiger partial charge in [0.05, 0.1) is 17.2 Å². The highest BCUT2D eigenvalue weighted by atomic mass is 16.3. The van der Waals surface area contributed by atoms with E-state index in [1.54, 1.807) is 12.5 Å². The van der Waals surface area contributed by atoms with Gasteiger partial charge >= 0.3 is 0 Å². The maximum absolute atomic E-state index is 12.8. The van der Waals surface area contributed by atoms with Crippen molar-refractivity contribution in [1.82, 2.24) is 19.9 Å². The molecule has 0 aliphatic carbocycles. The third-order valence-corrected chi connectivity index (χ3v) is 5.01. The summed E-state index contributed by atoms with van der Waals surface area (Å²) in [5.74, 6) is 1.49. The Bertz CT molecular complexity index is 1140. The Morgan fingerprint density at radius 2 is 2.11 bits per heavy atom. The molecule has 0 radical (unpaired) electrons. The molecule has 6 nitrogen and oxygen atoms in total. The summed E-state index contributed by atoms with van der Waals surface area (Å²) in [6.45, 7) is 3.22. The third-order valence-electron chi connectivity index (χ3n) is 5.01. The van der Waals surface area contributed by atoms with E-state index in [1.165, 1.54) is 5.56 Å². The molecule has 2 aromatic heterocycles. The minimum absolute atomic E-state index is 0.0466. The molecule has 1 aliphatic heterocycles. The number of H-pyrrole nitrogens is 1. The van der Waals surface area contributed by atoms with Gasteiger partial charge in [-0.25, -0.2) is 9.97 Å². The van der Waals surface area contributed by atoms with Gasteiger partial charge in [-0.1, -0.05) is 12.1 Å². The molecule has 5 rings (SSSR count). The molecule has 0 saturated heterocycles. The quantitative estimate of drug-likeness (QED) is 0.603. The Morgan fingerprint density at radius 3 is 2.96 bits per heavy atom. The van der Waals surface area contributed by atoms with Gasteiger partial charge in [-0.2, -0.15) is 0 Å². The van der Waals surface area contributed by atoms with E-state index in [1.807, 2.05) is 29.2 Å². The molecule has 3 heterocycles. The highest BCUT2D eigenvalue weighted by Crippen LogP contribution is 2.32. The largest absolute Gasteiger partial charge is 0.445 e. The minimum Gasteiger partial charge on any atom is -0.445 e. The van der Waals surface area contributed by atoms with Crippen LogP contribution < -0.4 is 0 Å². The zero-order chi connectivity index (χ0) is 18.4. The summed E-state index contributed by atoms with van der Waals surface area (Å²) in [6.07, 6.45) is 3.85. The van der Waals surface area contributed by atoms with Gasteiger partial charge in [-0.15, -0.1) is 0 Å². The van der Waals surface area contributed by atoms with Crippen LogP contribution >= 0.6 is 0 Å². The first kappa shape index (κ1) is 15.8. The van der Waals surface area contributed by atoms with Crippen LogP contribution in [0.25, 0.3) is 22.5 Å². The molecule has 0 saturated carbocycles. The Morgan fingerprint density at radius 1 is 1.22 bits per heavy atom. The maximum Gasteiger partial charge on any atom is 0.254 e. The predicted octanol–water partition coefficient (Wildman–Crippen LogP) is 3.72. The summed E-state index contributed by atoms with van der Waals surface area (Å²) >= 11 is 0. The number of nitrogens with zero attached hydrogens (tertiary/aromatic N) is 3. The van der Waals surface area contributed by atoms with Crippen LogP contribution in [0.5, 0.6) is 0 Å². The van der Waals surface area contributed by atoms with Crippen molar-refractivity contribution in [3.8, 4) is 11.5 Å². The van der Waals surface area contributed by atoms with Gasteiger partial charge in [-0.3, -0.25) is 4.79 Å². The number of aromatic amines is 1. The standard InChI is InChI=1S/C21H18N4O2/c1-13-5-6-17-18(11-13)24-19(23-17)7-9-25-12-16-14(20-22-8-10-27-20)3-2-4-15(16)21(25)26/h2-6,8,10-11H,7,9,12H2,1H3,(H,23,24). The summed E-state index contributed by atoms with van der Waals surface area (Å²) in [5, 5.41) is 0. The number of carbonyl (C=O) groups excluding carboxylic acids is 1. The fourth-order valence-electron chi connectivity index (χ4n) is 3.66. The average molecular weight is 358 g/mol. The van der Waals surface area contributed by atoms with Crippen LogP contribution in [0.15, 0.2) is 53.3 Å². The van der Waals surface area contributed by atoms with Gasteiger partial charge in [0.15, 0.2) is 0 Å². The molecule has 1 amide bonds. The minimum atomic E-state index is 0.0466. The molecular weight excluding hydrogens is 340 g/mol. The Kier molecular flexibility index (Phi) is 3.57. The SMILES string of the molecule is Cc1ccc2[nH]c(CCN3Cc4c(cccc4-c4ncco4)C3=O)nc2c1. The van der Waals surface area contributed by atoms with Crippen molar-refractivity contribution in [3.05, 3.63) is 71.4 Å². The fourth-order valence-corrected chi connectivity index (χ4v) is 3.66. The van der Waals surface area contributed by atoms with Gasteiger partial charge in [0.1, 0.15) is 12.1 Å². The first-order chi connectivity index (χ1) is 13.2. The molecule has 0 bridgehead atoms. The van der Waals surface area contributed by atoms with Gasteiger partial charge < -0.3 is 14.3 Å². The molecule has 2 aromatic carbocycles. The number of aryl methyl sites for hydroxylation is 1. The lowest BCUT2D eigenvalue weighted by Gasteiger charge is -2.14. The van der Waals surface area contributed by atoms with E-state index in [2.05, 4.69) is 34.0 Å². The van der Waals surface area contributed by atoms with E-state index in [-0.39, 0.29) is 5.91 Å². The first-order valence-corrected chi connectivity index (χ1v) is 8.95. The molecule has 1 aliphatic rings. The summed E-state index contributed by atoms with van der Waals surface area (Å²) in [7, 11) is 0. The van der Waals surface area contributed by atoms with Crippen molar-refractivity contribution >= 4 is 16.9 Å². The number of nitrogens with one attached hydrogen (secondary N) is 1. The second kappa shape index (κ2) is 6.09. The number of rotatable bonds is 4. The fraction of sp³-hybridized carbons (Fsp3) is 0.190. The second-order valence-corrected chi connectivity index (χ2v) is 6.85. The van der Waals surface area contributed by atoms with Crippen LogP contribution in [0.2, 0.25) is 0 Å². The predicted molar refractivity (Wildman–Crippen MR) is 101 cm³/mol. The monoisotopic (exact) mass is 358 g/mol. The second-order valence-electron chi connectivity index (χ2n) is 6.85. The lowest BCUT2D eigenvalue weighted by Crippen LogP contribution is -2.26. The van der Waals surface area contributed by atoms with Crippen LogP contribution in [0.1, 0.15) is 27.3 Å². The first-order valence-electron chi connectivity index (χ1n) is 8.95. The number of aromatic nitrogens is 3. The topological polar surface area (TPSA) is 75.0 Å². The molecule has 0 atom stereocenters. The summed E-state index contributed by atoms with van der Waals surface area (Å²) in [5.41, 5.74) is 5.76. The molecule has 4 aromatic rings. The van der Waals surface area contributed by atoms with Crippen LogP contribution in [0.4, 0.5) is 0 Å². The number of benzene rings is 2. The van der Waals surface area contributed by atoms with Crippen LogP contribution in [-0.2, 0) is 13.0 Å². The number of carbonyl (C=O) groups is 1. The molecule has 0 unspecified atom stereocenters. The van der Waals surface area contributed by atoms with Crippen molar-refractivity contribution in [2.24, 2.45) is 0 Å². The van der Waals surface area contributed by atoms with Crippen molar-refractivity contribution in [2.45, 2.75) is 19.9 Å². The van der Waals surface area contributed by atoms with E-state index in [9.17, 15) is 4.79 Å². The number of amides is 1.